The topological polar surface area (TPSA) is 92.0 Å². The second-order valence-electron chi connectivity index (χ2n) is 8.14. The number of nitrogens with zero attached hydrogens (tertiary/aromatic N) is 5. The van der Waals surface area contributed by atoms with Crippen molar-refractivity contribution in [3.8, 4) is 34.1 Å². The first-order valence-electron chi connectivity index (χ1n) is 10.2. The Bertz CT molecular complexity index is 1360. The van der Waals surface area contributed by atoms with Crippen LogP contribution in [0.1, 0.15) is 19.0 Å². The summed E-state index contributed by atoms with van der Waals surface area (Å²) in [6.45, 7) is -1.07. The maximum absolute atomic E-state index is 14.2. The summed E-state index contributed by atoms with van der Waals surface area (Å²) in [5, 5.41) is 8.58. The summed E-state index contributed by atoms with van der Waals surface area (Å²) >= 11 is 0. The van der Waals surface area contributed by atoms with Crippen molar-refractivity contribution in [2.24, 2.45) is 7.05 Å². The fraction of sp³-hybridized carbons (Fsp3) is 0.381. The van der Waals surface area contributed by atoms with Gasteiger partial charge in [0, 0.05) is 37.5 Å². The molecule has 0 amide bonds. The Morgan fingerprint density at radius 3 is 2.71 bits per heavy atom. The van der Waals surface area contributed by atoms with E-state index < -0.39 is 24.3 Å². The Hall–Kier alpha value is -3.61. The first kappa shape index (κ1) is 22.2. The molecule has 0 unspecified atom stereocenters. The number of fused-ring (bicyclic) bond motifs is 2. The lowest BCUT2D eigenvalue weighted by Crippen LogP contribution is -2.43. The predicted octanol–water partition coefficient (Wildman–Crippen LogP) is 4.16. The number of hydrogen-bond acceptors (Lipinski definition) is 6. The zero-order valence-corrected chi connectivity index (χ0v) is 18.4. The SMILES string of the molecule is CO[C@]1(C)COc2c(-c3[nH]c4ncccc4c3-c3cn(C)nc3OC(F)F)c(C(F)F)nn2C1. The van der Waals surface area contributed by atoms with Crippen molar-refractivity contribution in [1.29, 1.82) is 0 Å². The fourth-order valence-corrected chi connectivity index (χ4v) is 4.11. The van der Waals surface area contributed by atoms with E-state index in [9.17, 15) is 17.6 Å². The van der Waals surface area contributed by atoms with Gasteiger partial charge < -0.3 is 19.2 Å². The zero-order chi connectivity index (χ0) is 24.2. The third-order valence-electron chi connectivity index (χ3n) is 5.72. The molecule has 5 rings (SSSR count). The summed E-state index contributed by atoms with van der Waals surface area (Å²) in [6.07, 6.45) is 0.0507. The monoisotopic (exact) mass is 480 g/mol. The summed E-state index contributed by atoms with van der Waals surface area (Å²) in [5.74, 6) is -0.242. The van der Waals surface area contributed by atoms with Gasteiger partial charge in [0.1, 0.15) is 23.5 Å². The largest absolute Gasteiger partial charge is 0.474 e. The highest BCUT2D eigenvalue weighted by molar-refractivity contribution is 6.04. The Labute approximate surface area is 190 Å². The highest BCUT2D eigenvalue weighted by Gasteiger charge is 2.38. The molecule has 1 aliphatic heterocycles. The van der Waals surface area contributed by atoms with Gasteiger partial charge in [0.15, 0.2) is 0 Å². The van der Waals surface area contributed by atoms with E-state index in [1.165, 1.54) is 35.9 Å². The molecule has 180 valence electrons. The van der Waals surface area contributed by atoms with Crippen molar-refractivity contribution in [2.75, 3.05) is 13.7 Å². The van der Waals surface area contributed by atoms with Gasteiger partial charge in [0.05, 0.1) is 23.4 Å². The van der Waals surface area contributed by atoms with Gasteiger partial charge in [0.25, 0.3) is 6.43 Å². The molecule has 0 saturated heterocycles. The van der Waals surface area contributed by atoms with Crippen LogP contribution in [0.2, 0.25) is 0 Å². The van der Waals surface area contributed by atoms with Crippen LogP contribution in [0.25, 0.3) is 33.4 Å². The number of aryl methyl sites for hydroxylation is 1. The smallest absolute Gasteiger partial charge is 0.388 e. The number of alkyl halides is 4. The third kappa shape index (κ3) is 3.56. The van der Waals surface area contributed by atoms with Gasteiger partial charge >= 0.3 is 6.61 Å². The van der Waals surface area contributed by atoms with E-state index >= 15 is 0 Å². The van der Waals surface area contributed by atoms with Crippen molar-refractivity contribution >= 4 is 11.0 Å². The van der Waals surface area contributed by atoms with E-state index in [4.69, 9.17) is 9.47 Å². The van der Waals surface area contributed by atoms with Gasteiger partial charge in [-0.2, -0.15) is 13.9 Å². The molecule has 0 radical (unpaired) electrons. The summed E-state index contributed by atoms with van der Waals surface area (Å²) in [5.41, 5.74) is -0.253. The summed E-state index contributed by atoms with van der Waals surface area (Å²) in [6, 6.07) is 3.34. The lowest BCUT2D eigenvalue weighted by molar-refractivity contribution is -0.0644. The Morgan fingerprint density at radius 2 is 2.00 bits per heavy atom. The van der Waals surface area contributed by atoms with E-state index in [0.29, 0.717) is 16.6 Å². The van der Waals surface area contributed by atoms with Crippen LogP contribution < -0.4 is 9.47 Å². The Balaban J connectivity index is 1.80. The molecule has 9 nitrogen and oxygen atoms in total. The highest BCUT2D eigenvalue weighted by Crippen LogP contribution is 2.48. The Kier molecular flexibility index (Phi) is 5.23. The molecule has 0 spiro atoms. The highest BCUT2D eigenvalue weighted by atomic mass is 19.3. The lowest BCUT2D eigenvalue weighted by atomic mass is 10.0. The molecular formula is C21H20F4N6O3. The second kappa shape index (κ2) is 8.01. The zero-order valence-electron chi connectivity index (χ0n) is 18.4. The first-order valence-corrected chi connectivity index (χ1v) is 10.2. The number of rotatable bonds is 6. The Morgan fingerprint density at radius 1 is 1.21 bits per heavy atom. The molecule has 0 saturated carbocycles. The van der Waals surface area contributed by atoms with Crippen LogP contribution in [0.4, 0.5) is 17.6 Å². The molecule has 13 heteroatoms. The molecule has 0 aromatic carbocycles. The number of nitrogens with one attached hydrogen (secondary N) is 1. The van der Waals surface area contributed by atoms with Gasteiger partial charge in [-0.15, -0.1) is 5.10 Å². The number of pyridine rings is 1. The molecule has 4 aromatic rings. The third-order valence-corrected chi connectivity index (χ3v) is 5.72. The van der Waals surface area contributed by atoms with Crippen LogP contribution in [-0.2, 0) is 18.3 Å². The maximum atomic E-state index is 14.2. The number of halogens is 4. The molecule has 5 heterocycles. The summed E-state index contributed by atoms with van der Waals surface area (Å²) in [7, 11) is 3.04. The minimum absolute atomic E-state index is 0.00741. The summed E-state index contributed by atoms with van der Waals surface area (Å²) in [4.78, 5) is 7.32. The van der Waals surface area contributed by atoms with Gasteiger partial charge in [-0.05, 0) is 19.1 Å². The van der Waals surface area contributed by atoms with Crippen LogP contribution in [0.3, 0.4) is 0 Å². The average molecular weight is 480 g/mol. The van der Waals surface area contributed by atoms with Crippen molar-refractivity contribution in [2.45, 2.75) is 32.1 Å². The quantitative estimate of drug-likeness (QED) is 0.417. The summed E-state index contributed by atoms with van der Waals surface area (Å²) < 4.78 is 73.2. The standard InChI is InChI=1S/C21H20F4N6O3/c1-21(32-3)8-31-19(33-9-21)13(15(28-31)16(22)23)14-12(10-5-4-6-26-17(10)27-14)11-7-30(2)29-18(11)34-20(24)25/h4-7,16,20H,8-9H2,1-3H3,(H,26,27)/t21-/m0/s1. The molecule has 1 N–H and O–H groups in total. The number of aromatic amines is 1. The van der Waals surface area contributed by atoms with E-state index in [2.05, 4.69) is 24.9 Å². The van der Waals surface area contributed by atoms with Crippen LogP contribution in [0, 0.1) is 0 Å². The minimum atomic E-state index is -3.13. The number of ether oxygens (including phenoxy) is 3. The molecule has 1 atom stereocenters. The van der Waals surface area contributed by atoms with Gasteiger partial charge in [0.2, 0.25) is 11.8 Å². The van der Waals surface area contributed by atoms with Crippen LogP contribution in [-0.4, -0.2) is 55.5 Å². The van der Waals surface area contributed by atoms with Crippen molar-refractivity contribution in [1.82, 2.24) is 29.5 Å². The van der Waals surface area contributed by atoms with E-state index in [0.717, 1.165) is 0 Å². The van der Waals surface area contributed by atoms with Crippen molar-refractivity contribution in [3.63, 3.8) is 0 Å². The van der Waals surface area contributed by atoms with Crippen molar-refractivity contribution in [3.05, 3.63) is 30.2 Å². The van der Waals surface area contributed by atoms with Crippen LogP contribution >= 0.6 is 0 Å². The van der Waals surface area contributed by atoms with E-state index in [1.54, 1.807) is 19.1 Å². The molecule has 34 heavy (non-hydrogen) atoms. The number of methoxy groups -OCH3 is 1. The fourth-order valence-electron chi connectivity index (χ4n) is 4.11. The van der Waals surface area contributed by atoms with Gasteiger partial charge in [-0.1, -0.05) is 0 Å². The molecule has 1 aliphatic rings. The lowest BCUT2D eigenvalue weighted by Gasteiger charge is -2.32. The number of H-pyrrole nitrogens is 1. The van der Waals surface area contributed by atoms with Crippen LogP contribution in [0.15, 0.2) is 24.5 Å². The first-order chi connectivity index (χ1) is 16.2. The molecule has 0 bridgehead atoms. The number of hydrogen-bond donors (Lipinski definition) is 1. The molecule has 4 aromatic heterocycles. The number of aromatic nitrogens is 6. The molecule has 0 fully saturated rings. The van der Waals surface area contributed by atoms with Crippen molar-refractivity contribution < 1.29 is 31.8 Å². The average Bonchev–Trinajstić information content (AvgIpc) is 3.45. The molecule has 0 aliphatic carbocycles. The van der Waals surface area contributed by atoms with E-state index in [-0.39, 0.29) is 41.7 Å². The maximum Gasteiger partial charge on any atom is 0.388 e. The minimum Gasteiger partial charge on any atom is -0.474 e. The molecular weight excluding hydrogens is 460 g/mol. The van der Waals surface area contributed by atoms with Gasteiger partial charge in [-0.3, -0.25) is 4.68 Å². The van der Waals surface area contributed by atoms with Gasteiger partial charge in [-0.25, -0.2) is 18.4 Å². The van der Waals surface area contributed by atoms with Crippen LogP contribution in [0.5, 0.6) is 11.8 Å². The second-order valence-corrected chi connectivity index (χ2v) is 8.14. The normalized spacial score (nSPS) is 18.0. The predicted molar refractivity (Wildman–Crippen MR) is 112 cm³/mol. The van der Waals surface area contributed by atoms with E-state index in [1.807, 2.05) is 0 Å².